The Labute approximate surface area is 128 Å². The quantitative estimate of drug-likeness (QED) is 0.857. The van der Waals surface area contributed by atoms with Crippen LogP contribution in [0.4, 0.5) is 20.2 Å². The first-order valence-electron chi connectivity index (χ1n) is 5.98. The van der Waals surface area contributed by atoms with Gasteiger partial charge in [0.25, 0.3) is 5.91 Å². The van der Waals surface area contributed by atoms with Crippen LogP contribution in [0.3, 0.4) is 0 Å². The van der Waals surface area contributed by atoms with Crippen LogP contribution in [0.15, 0.2) is 34.9 Å². The van der Waals surface area contributed by atoms with E-state index in [2.05, 4.69) is 26.2 Å². The van der Waals surface area contributed by atoms with Crippen molar-refractivity contribution < 1.29 is 13.6 Å². The fraction of sp³-hybridized carbons (Fsp3) is 0.143. The highest BCUT2D eigenvalue weighted by Crippen LogP contribution is 2.28. The lowest BCUT2D eigenvalue weighted by Crippen LogP contribution is -2.18. The summed E-state index contributed by atoms with van der Waals surface area (Å²) >= 11 is 3.30. The van der Waals surface area contributed by atoms with E-state index in [1.165, 1.54) is 0 Å². The van der Waals surface area contributed by atoms with Gasteiger partial charge < -0.3 is 10.2 Å². The second-order valence-electron chi connectivity index (χ2n) is 4.47. The molecule has 0 aliphatic rings. The van der Waals surface area contributed by atoms with Crippen LogP contribution in [0.2, 0.25) is 0 Å². The molecule has 0 radical (unpaired) electrons. The lowest BCUT2D eigenvalue weighted by molar-refractivity contribution is 0.102. The van der Waals surface area contributed by atoms with Gasteiger partial charge in [0.1, 0.15) is 0 Å². The van der Waals surface area contributed by atoms with Crippen LogP contribution in [0.5, 0.6) is 0 Å². The largest absolute Gasteiger partial charge is 0.376 e. The topological polar surface area (TPSA) is 45.2 Å². The molecular weight excluding hydrogens is 344 g/mol. The van der Waals surface area contributed by atoms with E-state index in [1.807, 2.05) is 20.2 Å². The maximum absolute atomic E-state index is 13.6. The number of amides is 1. The van der Waals surface area contributed by atoms with Crippen LogP contribution in [-0.2, 0) is 0 Å². The van der Waals surface area contributed by atoms with Gasteiger partial charge in [0.05, 0.1) is 16.9 Å². The molecule has 1 heterocycles. The van der Waals surface area contributed by atoms with E-state index in [1.54, 1.807) is 17.0 Å². The molecule has 110 valence electrons. The van der Waals surface area contributed by atoms with E-state index in [9.17, 15) is 13.6 Å². The van der Waals surface area contributed by atoms with Crippen molar-refractivity contribution >= 4 is 33.2 Å². The van der Waals surface area contributed by atoms with Crippen molar-refractivity contribution in [2.75, 3.05) is 24.3 Å². The van der Waals surface area contributed by atoms with Crippen molar-refractivity contribution in [3.63, 3.8) is 0 Å². The number of hydrogen-bond acceptors (Lipinski definition) is 3. The molecule has 0 spiro atoms. The van der Waals surface area contributed by atoms with Crippen LogP contribution in [0.25, 0.3) is 0 Å². The molecule has 1 aromatic heterocycles. The fourth-order valence-corrected chi connectivity index (χ4v) is 2.14. The molecule has 21 heavy (non-hydrogen) atoms. The number of carbonyl (C=O) groups excluding carboxylic acids is 1. The van der Waals surface area contributed by atoms with E-state index < -0.39 is 23.2 Å². The maximum Gasteiger partial charge on any atom is 0.258 e. The molecule has 0 saturated heterocycles. The Morgan fingerprint density at radius 2 is 2.00 bits per heavy atom. The highest BCUT2D eigenvalue weighted by Gasteiger charge is 2.17. The summed E-state index contributed by atoms with van der Waals surface area (Å²) in [5, 5.41) is 2.57. The Morgan fingerprint density at radius 1 is 1.29 bits per heavy atom. The number of pyridine rings is 1. The van der Waals surface area contributed by atoms with Gasteiger partial charge in [0, 0.05) is 24.8 Å². The SMILES string of the molecule is CN(C)c1ccc(Br)cc1NC(=O)c1ccnc(F)c1F. The van der Waals surface area contributed by atoms with Crippen molar-refractivity contribution in [3.05, 3.63) is 52.3 Å². The molecule has 4 nitrogen and oxygen atoms in total. The molecule has 0 bridgehead atoms. The molecule has 1 N–H and O–H groups in total. The average molecular weight is 356 g/mol. The third-order valence-corrected chi connectivity index (χ3v) is 3.27. The highest BCUT2D eigenvalue weighted by atomic mass is 79.9. The summed E-state index contributed by atoms with van der Waals surface area (Å²) < 4.78 is 27.4. The van der Waals surface area contributed by atoms with E-state index in [-0.39, 0.29) is 0 Å². The minimum absolute atomic E-state index is 0.396. The molecule has 0 aliphatic carbocycles. The molecule has 2 aromatic rings. The molecule has 7 heteroatoms. The van der Waals surface area contributed by atoms with E-state index in [0.717, 1.165) is 22.4 Å². The average Bonchev–Trinajstić information content (AvgIpc) is 2.41. The second kappa shape index (κ2) is 6.17. The molecule has 2 rings (SSSR count). The number of hydrogen-bond donors (Lipinski definition) is 1. The minimum atomic E-state index is -1.30. The normalized spacial score (nSPS) is 10.3. The van der Waals surface area contributed by atoms with Crippen molar-refractivity contribution in [1.82, 2.24) is 4.98 Å². The van der Waals surface area contributed by atoms with Gasteiger partial charge in [-0.15, -0.1) is 0 Å². The first kappa shape index (κ1) is 15.4. The number of halogens is 3. The lowest BCUT2D eigenvalue weighted by Gasteiger charge is -2.18. The van der Waals surface area contributed by atoms with Crippen molar-refractivity contribution in [1.29, 1.82) is 0 Å². The highest BCUT2D eigenvalue weighted by molar-refractivity contribution is 9.10. The number of benzene rings is 1. The second-order valence-corrected chi connectivity index (χ2v) is 5.39. The summed E-state index contributed by atoms with van der Waals surface area (Å²) in [7, 11) is 3.62. The molecule has 0 aliphatic heterocycles. The Balaban J connectivity index is 2.36. The van der Waals surface area contributed by atoms with Crippen molar-refractivity contribution in [2.24, 2.45) is 0 Å². The zero-order valence-corrected chi connectivity index (χ0v) is 12.9. The van der Waals surface area contributed by atoms with Crippen molar-refractivity contribution in [2.45, 2.75) is 0 Å². The van der Waals surface area contributed by atoms with E-state index >= 15 is 0 Å². The first-order valence-corrected chi connectivity index (χ1v) is 6.77. The van der Waals surface area contributed by atoms with Gasteiger partial charge >= 0.3 is 0 Å². The van der Waals surface area contributed by atoms with Gasteiger partial charge in [-0.05, 0) is 24.3 Å². The Kier molecular flexibility index (Phi) is 4.52. The monoisotopic (exact) mass is 355 g/mol. The Hall–Kier alpha value is -2.02. The Bertz CT molecular complexity index is 692. The number of aromatic nitrogens is 1. The molecule has 0 unspecified atom stereocenters. The van der Waals surface area contributed by atoms with Crippen molar-refractivity contribution in [3.8, 4) is 0 Å². The van der Waals surface area contributed by atoms with Gasteiger partial charge in [-0.3, -0.25) is 4.79 Å². The van der Waals surface area contributed by atoms with Crippen LogP contribution in [0, 0.1) is 11.8 Å². The molecular formula is C14H12BrF2N3O. The predicted octanol–water partition coefficient (Wildman–Crippen LogP) is 3.44. The number of carbonyl (C=O) groups is 1. The van der Waals surface area contributed by atoms with E-state index in [0.29, 0.717) is 5.69 Å². The predicted molar refractivity (Wildman–Crippen MR) is 80.6 cm³/mol. The maximum atomic E-state index is 13.6. The Morgan fingerprint density at radius 3 is 2.67 bits per heavy atom. The standard InChI is InChI=1S/C14H12BrF2N3O/c1-20(2)11-4-3-8(15)7-10(11)19-14(21)9-5-6-18-13(17)12(9)16/h3-7H,1-2H3,(H,19,21). The van der Waals surface area contributed by atoms with Crippen LogP contribution in [-0.4, -0.2) is 25.0 Å². The third-order valence-electron chi connectivity index (χ3n) is 2.78. The first-order chi connectivity index (χ1) is 9.90. The van der Waals surface area contributed by atoms with Gasteiger partial charge in [-0.1, -0.05) is 15.9 Å². The molecule has 0 saturated carbocycles. The van der Waals surface area contributed by atoms with Gasteiger partial charge in [0.15, 0.2) is 5.82 Å². The zero-order valence-electron chi connectivity index (χ0n) is 11.3. The molecule has 0 atom stereocenters. The molecule has 1 amide bonds. The third kappa shape index (κ3) is 3.36. The molecule has 1 aromatic carbocycles. The van der Waals surface area contributed by atoms with Gasteiger partial charge in [-0.25, -0.2) is 9.37 Å². The lowest BCUT2D eigenvalue weighted by atomic mass is 10.2. The number of nitrogens with zero attached hydrogens (tertiary/aromatic N) is 2. The zero-order chi connectivity index (χ0) is 15.6. The fourth-order valence-electron chi connectivity index (χ4n) is 1.78. The molecule has 0 fully saturated rings. The van der Waals surface area contributed by atoms with Gasteiger partial charge in [0.2, 0.25) is 5.95 Å². The summed E-state index contributed by atoms with van der Waals surface area (Å²) in [5.41, 5.74) is 0.824. The van der Waals surface area contributed by atoms with Crippen LogP contribution >= 0.6 is 15.9 Å². The minimum Gasteiger partial charge on any atom is -0.376 e. The summed E-state index contributed by atoms with van der Waals surface area (Å²) in [5.74, 6) is -3.31. The van der Waals surface area contributed by atoms with Gasteiger partial charge in [-0.2, -0.15) is 4.39 Å². The number of rotatable bonds is 3. The number of anilines is 2. The summed E-state index contributed by atoms with van der Waals surface area (Å²) in [4.78, 5) is 17.0. The smallest absolute Gasteiger partial charge is 0.258 e. The summed E-state index contributed by atoms with van der Waals surface area (Å²) in [6.45, 7) is 0. The summed E-state index contributed by atoms with van der Waals surface area (Å²) in [6.07, 6.45) is 1.04. The van der Waals surface area contributed by atoms with Crippen LogP contribution in [0.1, 0.15) is 10.4 Å². The van der Waals surface area contributed by atoms with Crippen LogP contribution < -0.4 is 10.2 Å². The number of nitrogens with one attached hydrogen (secondary N) is 1. The van der Waals surface area contributed by atoms with E-state index in [4.69, 9.17) is 0 Å². The summed E-state index contributed by atoms with van der Waals surface area (Å²) in [6, 6.07) is 6.42.